The van der Waals surface area contributed by atoms with Crippen LogP contribution in [0, 0.1) is 0 Å². The average molecular weight is 331 g/mol. The van der Waals surface area contributed by atoms with E-state index >= 15 is 0 Å². The number of hydrogen-bond acceptors (Lipinski definition) is 6. The molecule has 0 bridgehead atoms. The second kappa shape index (κ2) is 5.43. The van der Waals surface area contributed by atoms with Gasteiger partial charge in [-0.25, -0.2) is 16.8 Å². The summed E-state index contributed by atoms with van der Waals surface area (Å²) in [5.41, 5.74) is -1.24. The molecule has 0 aromatic carbocycles. The summed E-state index contributed by atoms with van der Waals surface area (Å²) in [6, 6.07) is 0. The molecule has 1 rings (SSSR count). The molecule has 9 heteroatoms. The van der Waals surface area contributed by atoms with E-state index in [2.05, 4.69) is 0 Å². The van der Waals surface area contributed by atoms with Gasteiger partial charge in [-0.2, -0.15) is 0 Å². The maximum absolute atomic E-state index is 11.8. The van der Waals surface area contributed by atoms with Gasteiger partial charge in [-0.15, -0.1) is 0 Å². The second-order valence-corrected chi connectivity index (χ2v) is 13.3. The predicted octanol–water partition coefficient (Wildman–Crippen LogP) is 0.343. The van der Waals surface area contributed by atoms with Gasteiger partial charge in [0.05, 0.1) is 18.1 Å². The molecule has 0 atom stereocenters. The molecule has 0 unspecified atom stereocenters. The van der Waals surface area contributed by atoms with Gasteiger partial charge in [-0.3, -0.25) is 0 Å². The van der Waals surface area contributed by atoms with Gasteiger partial charge in [0.2, 0.25) is 0 Å². The highest BCUT2D eigenvalue weighted by Gasteiger charge is 2.51. The van der Waals surface area contributed by atoms with Crippen LogP contribution in [0.4, 0.5) is 0 Å². The van der Waals surface area contributed by atoms with Gasteiger partial charge < -0.3 is 8.85 Å². The number of sulfone groups is 2. The Morgan fingerprint density at radius 3 is 1.68 bits per heavy atom. The lowest BCUT2D eigenvalue weighted by Crippen LogP contribution is -2.48. The molecule has 0 N–H and O–H groups in total. The molecule has 1 fully saturated rings. The van der Waals surface area contributed by atoms with E-state index in [0.717, 1.165) is 0 Å². The van der Waals surface area contributed by atoms with E-state index in [-0.39, 0.29) is 29.6 Å². The third-order valence-corrected chi connectivity index (χ3v) is 8.45. The fraction of sp³-hybridized carbons (Fsp3) is 1.00. The van der Waals surface area contributed by atoms with Gasteiger partial charge in [0, 0.05) is 11.5 Å². The van der Waals surface area contributed by atoms with Crippen LogP contribution in [0.15, 0.2) is 0 Å². The minimum Gasteiger partial charge on any atom is -0.391 e. The average Bonchev–Trinajstić information content (AvgIpc) is 2.52. The fourth-order valence-corrected chi connectivity index (χ4v) is 6.83. The van der Waals surface area contributed by atoms with Crippen molar-refractivity contribution in [2.75, 3.05) is 29.6 Å². The molecular formula is C10H22O6S2Si. The molecule has 1 heterocycles. The van der Waals surface area contributed by atoms with Crippen LogP contribution in [-0.2, 0) is 28.5 Å². The molecule has 1 aliphatic heterocycles. The lowest BCUT2D eigenvalue weighted by molar-refractivity contribution is 0.139. The molecule has 19 heavy (non-hydrogen) atoms. The van der Waals surface area contributed by atoms with Crippen molar-refractivity contribution in [1.82, 2.24) is 0 Å². The van der Waals surface area contributed by atoms with E-state index in [9.17, 15) is 16.8 Å². The molecule has 0 saturated carbocycles. The molecule has 0 aromatic rings. The first-order valence-corrected chi connectivity index (χ1v) is 12.7. The first kappa shape index (κ1) is 17.1. The van der Waals surface area contributed by atoms with E-state index in [1.54, 1.807) is 13.1 Å². The van der Waals surface area contributed by atoms with Crippen molar-refractivity contribution in [3.05, 3.63) is 0 Å². The summed E-state index contributed by atoms with van der Waals surface area (Å²) in [6.07, 6.45) is 0. The van der Waals surface area contributed by atoms with Gasteiger partial charge in [0.15, 0.2) is 19.7 Å². The Kier molecular flexibility index (Phi) is 4.89. The fourth-order valence-electron chi connectivity index (χ4n) is 2.08. The van der Waals surface area contributed by atoms with Crippen molar-refractivity contribution < 1.29 is 25.7 Å². The van der Waals surface area contributed by atoms with Crippen molar-refractivity contribution in [1.29, 1.82) is 0 Å². The van der Waals surface area contributed by atoms with Crippen LogP contribution >= 0.6 is 0 Å². The van der Waals surface area contributed by atoms with Gasteiger partial charge in [-0.05, 0) is 13.1 Å². The maximum Gasteiger partial charge on any atom is 0.332 e. The number of hydrogen-bond donors (Lipinski definition) is 0. The predicted molar refractivity (Wildman–Crippen MR) is 75.9 cm³/mol. The summed E-state index contributed by atoms with van der Waals surface area (Å²) in [4.78, 5) is 0. The molecule has 0 radical (unpaired) electrons. The van der Waals surface area contributed by atoms with Crippen LogP contribution in [0.25, 0.3) is 0 Å². The monoisotopic (exact) mass is 330 g/mol. The Hall–Kier alpha value is 0.0369. The normalized spacial score (nSPS) is 22.5. The van der Waals surface area contributed by atoms with E-state index in [4.69, 9.17) is 8.85 Å². The largest absolute Gasteiger partial charge is 0.391 e. The topological polar surface area (TPSA) is 86.7 Å². The van der Waals surface area contributed by atoms with Crippen LogP contribution in [0.5, 0.6) is 0 Å². The van der Waals surface area contributed by atoms with Gasteiger partial charge >= 0.3 is 8.56 Å². The lowest BCUT2D eigenvalue weighted by atomic mass is 10.1. The Bertz CT molecular complexity index is 486. The van der Waals surface area contributed by atoms with Gasteiger partial charge in [-0.1, -0.05) is 13.8 Å². The number of rotatable bonds is 6. The minimum atomic E-state index is -3.34. The van der Waals surface area contributed by atoms with Crippen LogP contribution in [0.1, 0.15) is 13.8 Å². The summed E-state index contributed by atoms with van der Waals surface area (Å²) < 4.78 is 58.6. The van der Waals surface area contributed by atoms with Crippen molar-refractivity contribution in [3.8, 4) is 0 Å². The zero-order chi connectivity index (χ0) is 14.9. The van der Waals surface area contributed by atoms with Crippen LogP contribution in [-0.4, -0.2) is 60.6 Å². The summed E-state index contributed by atoms with van der Waals surface area (Å²) in [7, 11) is -9.11. The van der Waals surface area contributed by atoms with Gasteiger partial charge in [0.25, 0.3) is 0 Å². The van der Waals surface area contributed by atoms with Crippen LogP contribution < -0.4 is 0 Å². The molecule has 0 aromatic heterocycles. The van der Waals surface area contributed by atoms with Gasteiger partial charge in [0.1, 0.15) is 5.60 Å². The molecule has 0 spiro atoms. The van der Waals surface area contributed by atoms with Crippen molar-refractivity contribution in [3.63, 3.8) is 0 Å². The van der Waals surface area contributed by atoms with Crippen molar-refractivity contribution in [2.24, 2.45) is 0 Å². The SMILES string of the molecule is CCS(=O)(=O)CC1(CS(=O)(=O)CC)CO[Si](C)(C)O1. The Morgan fingerprint density at radius 2 is 1.42 bits per heavy atom. The zero-order valence-corrected chi connectivity index (χ0v) is 14.4. The van der Waals surface area contributed by atoms with Crippen molar-refractivity contribution >= 4 is 28.2 Å². The highest BCUT2D eigenvalue weighted by atomic mass is 32.2. The van der Waals surface area contributed by atoms with E-state index < -0.39 is 33.8 Å². The standard InChI is InChI=1S/C10H22O6S2Si/c1-5-17(11,12)8-10(9-18(13,14)6-2)7-15-19(3,4)16-10/h5-9H2,1-4H3. The quantitative estimate of drug-likeness (QED) is 0.653. The molecule has 114 valence electrons. The highest BCUT2D eigenvalue weighted by molar-refractivity contribution is 7.92. The molecule has 1 aliphatic rings. The maximum atomic E-state index is 11.8. The first-order valence-electron chi connectivity index (χ1n) is 6.20. The van der Waals surface area contributed by atoms with E-state index in [1.807, 2.05) is 0 Å². The second-order valence-electron chi connectivity index (χ2n) is 5.33. The first-order chi connectivity index (χ1) is 8.45. The van der Waals surface area contributed by atoms with Crippen LogP contribution in [0.2, 0.25) is 13.1 Å². The third-order valence-electron chi connectivity index (χ3n) is 2.99. The summed E-state index contributed by atoms with van der Waals surface area (Å²) in [5.74, 6) is -0.670. The Balaban J connectivity index is 3.07. The third kappa shape index (κ3) is 4.82. The molecule has 6 nitrogen and oxygen atoms in total. The highest BCUT2D eigenvalue weighted by Crippen LogP contribution is 2.31. The molecular weight excluding hydrogens is 308 g/mol. The Morgan fingerprint density at radius 1 is 1.00 bits per heavy atom. The molecule has 1 saturated heterocycles. The van der Waals surface area contributed by atoms with Crippen molar-refractivity contribution in [2.45, 2.75) is 32.5 Å². The van der Waals surface area contributed by atoms with E-state index in [0.29, 0.717) is 0 Å². The Labute approximate surface area is 116 Å². The molecule has 0 aliphatic carbocycles. The summed E-state index contributed by atoms with van der Waals surface area (Å²) >= 11 is 0. The summed E-state index contributed by atoms with van der Waals surface area (Å²) in [6.45, 7) is 6.67. The smallest absolute Gasteiger partial charge is 0.332 e. The minimum absolute atomic E-state index is 0.0324. The zero-order valence-electron chi connectivity index (χ0n) is 11.8. The summed E-state index contributed by atoms with van der Waals surface area (Å²) in [5, 5.41) is 0. The molecule has 0 amide bonds. The lowest BCUT2D eigenvalue weighted by Gasteiger charge is -2.28. The van der Waals surface area contributed by atoms with E-state index in [1.165, 1.54) is 13.8 Å². The van der Waals surface area contributed by atoms with Crippen LogP contribution in [0.3, 0.4) is 0 Å².